The van der Waals surface area contributed by atoms with E-state index in [0.717, 1.165) is 130 Å². The number of imidazole rings is 1. The first-order chi connectivity index (χ1) is 40.5. The summed E-state index contributed by atoms with van der Waals surface area (Å²) in [5.41, 5.74) is 11.4. The summed E-state index contributed by atoms with van der Waals surface area (Å²) in [4.78, 5) is 39.4. The molecule has 1 saturated heterocycles. The Morgan fingerprint density at radius 1 is 0.812 bits per heavy atom. The van der Waals surface area contributed by atoms with Gasteiger partial charge in [0.1, 0.15) is 11.6 Å². The molecule has 3 aromatic rings. The zero-order valence-corrected chi connectivity index (χ0v) is 56.3. The second-order valence-corrected chi connectivity index (χ2v) is 26.5. The van der Waals surface area contributed by atoms with Crippen LogP contribution < -0.4 is 16.4 Å². The number of fused-ring (bicyclic) bond motifs is 8. The summed E-state index contributed by atoms with van der Waals surface area (Å²) in [5.74, 6) is 5.70. The van der Waals surface area contributed by atoms with Gasteiger partial charge < -0.3 is 78.5 Å². The number of aliphatic hydroxyl groups excluding tert-OH is 2. The number of nitrogens with one attached hydrogen (secondary N) is 2. The molecule has 17 nitrogen and oxygen atoms in total. The zero-order valence-electron chi connectivity index (χ0n) is 53.4. The van der Waals surface area contributed by atoms with Crippen LogP contribution in [0.25, 0.3) is 21.9 Å². The first-order valence-corrected chi connectivity index (χ1v) is 32.5. The van der Waals surface area contributed by atoms with Gasteiger partial charge in [-0.25, -0.2) is 9.78 Å². The number of ether oxygens (including phenoxy) is 5. The number of alkyl carbamates (subject to hydrolysis) is 1. The van der Waals surface area contributed by atoms with Crippen molar-refractivity contribution in [1.29, 1.82) is 0 Å². The molecule has 4 aliphatic carbocycles. The van der Waals surface area contributed by atoms with Crippen LogP contribution >= 0.6 is 0 Å². The molecule has 1 aliphatic heterocycles. The van der Waals surface area contributed by atoms with E-state index in [1.165, 1.54) is 62.5 Å². The number of amides is 2. The third-order valence-electron chi connectivity index (χ3n) is 20.2. The van der Waals surface area contributed by atoms with Crippen molar-refractivity contribution >= 4 is 39.8 Å². The largest absolute Gasteiger partial charge is 0.446 e. The molecule has 18 heteroatoms. The molecule has 1 aromatic carbocycles. The quantitative estimate of drug-likeness (QED) is 0.0219. The molecule has 5 aliphatic rings. The van der Waals surface area contributed by atoms with Gasteiger partial charge in [0, 0.05) is 115 Å². The number of anilines is 1. The van der Waals surface area contributed by atoms with Gasteiger partial charge in [0.25, 0.3) is 0 Å². The Kier molecular flexibility index (Phi) is 29.2. The van der Waals surface area contributed by atoms with Gasteiger partial charge in [0.15, 0.2) is 5.82 Å². The van der Waals surface area contributed by atoms with Crippen LogP contribution in [0.5, 0.6) is 0 Å². The monoisotopic (exact) mass is 1260 g/mol. The number of hydrogen-bond acceptors (Lipinski definition) is 14. The molecule has 0 unspecified atom stereocenters. The number of pyridine rings is 1. The van der Waals surface area contributed by atoms with E-state index in [1.807, 2.05) is 11.5 Å². The zero-order chi connectivity index (χ0) is 60.3. The number of aliphatic hydroxyl groups is 2. The van der Waals surface area contributed by atoms with Crippen molar-refractivity contribution < 1.29 is 76.2 Å². The summed E-state index contributed by atoms with van der Waals surface area (Å²) in [6, 6.07) is 6.34. The van der Waals surface area contributed by atoms with Crippen LogP contribution in [0.4, 0.5) is 10.6 Å². The summed E-state index contributed by atoms with van der Waals surface area (Å²) in [6.07, 6.45) is 19.1. The molecule has 8 atom stereocenters. The van der Waals surface area contributed by atoms with Crippen molar-refractivity contribution in [2.45, 2.75) is 157 Å². The fourth-order valence-electron chi connectivity index (χ4n) is 15.3. The number of rotatable bonds is 33. The molecule has 3 heterocycles. The minimum absolute atomic E-state index is 0. The van der Waals surface area contributed by atoms with Gasteiger partial charge in [-0.1, -0.05) is 84.6 Å². The van der Waals surface area contributed by atoms with Crippen molar-refractivity contribution in [1.82, 2.24) is 35.0 Å². The third kappa shape index (κ3) is 19.3. The van der Waals surface area contributed by atoms with Gasteiger partial charge in [0.2, 0.25) is 5.91 Å². The Labute approximate surface area is 536 Å². The predicted octanol–water partition coefficient (Wildman–Crippen LogP) is 9.83. The fourth-order valence-corrected chi connectivity index (χ4v) is 15.3. The van der Waals surface area contributed by atoms with Gasteiger partial charge in [-0.3, -0.25) is 9.78 Å². The van der Waals surface area contributed by atoms with Crippen molar-refractivity contribution in [3.63, 3.8) is 0 Å². The number of allylic oxidation sites excluding steroid dienone is 1. The maximum atomic E-state index is 12.8. The van der Waals surface area contributed by atoms with Gasteiger partial charge in [-0.05, 0) is 135 Å². The smallest absolute Gasteiger partial charge is 0.407 e. The molecule has 1 radical (unpaired) electrons. The van der Waals surface area contributed by atoms with Crippen molar-refractivity contribution in [2.24, 2.45) is 51.8 Å². The average Bonchev–Trinajstić information content (AvgIpc) is 1.75. The maximum Gasteiger partial charge on any atom is 0.407 e. The van der Waals surface area contributed by atoms with E-state index < -0.39 is 5.41 Å². The van der Waals surface area contributed by atoms with Crippen LogP contribution in [0.15, 0.2) is 29.8 Å². The van der Waals surface area contributed by atoms with Crippen LogP contribution in [0.1, 0.15) is 150 Å². The first kappa shape index (κ1) is 71.1. The summed E-state index contributed by atoms with van der Waals surface area (Å²) < 4.78 is 30.7. The second-order valence-electron chi connectivity index (χ2n) is 26.5. The molecule has 6 N–H and O–H groups in total. The van der Waals surface area contributed by atoms with Crippen LogP contribution in [-0.2, 0) is 74.2 Å². The number of benzene rings is 1. The maximum absolute atomic E-state index is 12.8. The Morgan fingerprint density at radius 3 is 2.15 bits per heavy atom. The third-order valence-corrected chi connectivity index (χ3v) is 20.2. The molecule has 3 saturated carbocycles. The molecular formula is C67H110N8O9Y-2. The van der Waals surface area contributed by atoms with Crippen LogP contribution in [-0.4, -0.2) is 171 Å². The van der Waals surface area contributed by atoms with E-state index >= 15 is 0 Å². The molecule has 85 heavy (non-hydrogen) atoms. The normalized spacial score (nSPS) is 24.6. The summed E-state index contributed by atoms with van der Waals surface area (Å²) in [7, 11) is 0. The number of nitrogens with zero attached hydrogens (tertiary/aromatic N) is 5. The molecule has 0 bridgehead atoms. The number of aromatic nitrogens is 3. The molecule has 8 rings (SSSR count). The van der Waals surface area contributed by atoms with Crippen LogP contribution in [0.3, 0.4) is 0 Å². The first-order valence-electron chi connectivity index (χ1n) is 32.5. The Bertz CT molecular complexity index is 2540. The molecule has 2 amide bonds. The molecule has 4 fully saturated rings. The predicted molar refractivity (Wildman–Crippen MR) is 335 cm³/mol. The SMILES string of the molecule is [CH2-]C.[CH2-]c1nc2c(N)nc3cc(CCCN4CCN(CCCOCCOCCNC(=O)CCOCCOCCNC(=O)O[C@H]5CC[C@@]6(C)C(=CC[C@H]7[C@@H]8CC[C@H]([C@H](C)CCCC(C)C)[C@@]8(C)CC[C@@H]76)C5)CC4)ccc3c2n1CC(C)(CO)CO.[Y]. The topological polar surface area (TPSA) is 208 Å². The van der Waals surface area contributed by atoms with E-state index in [1.54, 1.807) is 6.92 Å². The van der Waals surface area contributed by atoms with Gasteiger partial charge in [-0.2, -0.15) is 6.92 Å². The molecular weight excluding hydrogens is 1150 g/mol. The van der Waals surface area contributed by atoms with Gasteiger partial charge in [0.05, 0.1) is 70.5 Å². The summed E-state index contributed by atoms with van der Waals surface area (Å²) >= 11 is 0. The molecule has 2 aromatic heterocycles. The Hall–Kier alpha value is -2.97. The minimum Gasteiger partial charge on any atom is -0.446 e. The standard InChI is InChI=1S/C65H105N8O9.C2H5.Y/c1-46(2)11-8-12-47(3)54-18-19-55-52-17-15-50-42-51(20-23-64(50,6)56(52)21-24-65(54,55)7)82-62(77)68-26-36-81-40-38-79-34-22-58(76)67-25-35-80-39-37-78-33-10-28-72-31-29-71(30-32-72)27-9-13-49-14-16-53-57(41-49)70-61(66)59-60(53)73(48(4)69-59)43-63(5,44-74)45-75;1-2;/h14-16,41,46-47,51-52,54-56,74-75H,4,8-13,17-40,42-45H2,1-3,5-7H3,(H2,66,70)(H,67,76)(H,68,77);1H2,2H3;/q2*-1;/t47-,51+,52+,54-,55+,56+,64+,65-;;/m1../s1. The Balaban J connectivity index is 0.00000382. The number of piperazine rings is 1. The van der Waals surface area contributed by atoms with E-state index in [2.05, 4.69) is 103 Å². The molecule has 0 spiro atoms. The number of carbonyl (C=O) groups excluding carboxylic acids is 2. The van der Waals surface area contributed by atoms with E-state index in [4.69, 9.17) is 29.4 Å². The van der Waals surface area contributed by atoms with Crippen LogP contribution in [0, 0.1) is 65.6 Å². The van der Waals surface area contributed by atoms with Gasteiger partial charge in [-0.15, -0.1) is 0 Å². The van der Waals surface area contributed by atoms with Crippen molar-refractivity contribution in [3.8, 4) is 0 Å². The van der Waals surface area contributed by atoms with Crippen molar-refractivity contribution in [2.75, 3.05) is 124 Å². The molecule has 477 valence electrons. The van der Waals surface area contributed by atoms with E-state index in [-0.39, 0.29) is 75.9 Å². The fraction of sp³-hybridized carbons (Fsp3) is 0.761. The Morgan fingerprint density at radius 2 is 1.47 bits per heavy atom. The minimum atomic E-state index is -0.728. The summed E-state index contributed by atoms with van der Waals surface area (Å²) in [5, 5.41) is 26.6. The van der Waals surface area contributed by atoms with Crippen molar-refractivity contribution in [3.05, 3.63) is 55.1 Å². The van der Waals surface area contributed by atoms with E-state index in [0.29, 0.717) is 95.1 Å². The van der Waals surface area contributed by atoms with Crippen LogP contribution in [0.2, 0.25) is 0 Å². The second kappa shape index (κ2) is 34.9. The number of hydrogen-bond donors (Lipinski definition) is 5. The summed E-state index contributed by atoms with van der Waals surface area (Å²) in [6.45, 7) is 34.1. The van der Waals surface area contributed by atoms with Gasteiger partial charge >= 0.3 is 6.09 Å². The number of nitrogen functional groups attached to an aromatic ring is 1. The number of aryl methyl sites for hydroxylation is 1. The average molecular weight is 1260 g/mol. The number of carbonyl (C=O) groups is 2. The number of nitrogens with two attached hydrogens (primary N) is 1. The van der Waals surface area contributed by atoms with E-state index in [9.17, 15) is 19.8 Å².